The average molecular weight is 341 g/mol. The molecule has 1 fully saturated rings. The zero-order valence-corrected chi connectivity index (χ0v) is 14.3. The summed E-state index contributed by atoms with van der Waals surface area (Å²) in [6.45, 7) is 4.28. The van der Waals surface area contributed by atoms with E-state index in [4.69, 9.17) is 5.73 Å². The molecule has 7 heteroatoms. The highest BCUT2D eigenvalue weighted by molar-refractivity contribution is 5.94. The van der Waals surface area contributed by atoms with Crippen molar-refractivity contribution in [3.8, 4) is 0 Å². The minimum absolute atomic E-state index is 0. The largest absolute Gasteiger partial charge is 0.338 e. The fourth-order valence-corrected chi connectivity index (χ4v) is 2.59. The van der Waals surface area contributed by atoms with E-state index >= 15 is 0 Å². The number of hydrogen-bond donors (Lipinski definition) is 1. The van der Waals surface area contributed by atoms with Crippen molar-refractivity contribution in [1.29, 1.82) is 0 Å². The van der Waals surface area contributed by atoms with Gasteiger partial charge >= 0.3 is 0 Å². The van der Waals surface area contributed by atoms with Gasteiger partial charge in [-0.25, -0.2) is 0 Å². The Kier molecular flexibility index (Phi) is 7.98. The summed E-state index contributed by atoms with van der Waals surface area (Å²) in [5.41, 5.74) is 6.57. The number of nitrogens with zero attached hydrogens (tertiary/aromatic N) is 3. The van der Waals surface area contributed by atoms with Gasteiger partial charge in [-0.1, -0.05) is 19.8 Å². The van der Waals surface area contributed by atoms with Crippen LogP contribution in [0, 0.1) is 0 Å². The van der Waals surface area contributed by atoms with Crippen molar-refractivity contribution in [2.45, 2.75) is 32.2 Å². The molecule has 6 nitrogen and oxygen atoms in total. The van der Waals surface area contributed by atoms with E-state index < -0.39 is 6.04 Å². The van der Waals surface area contributed by atoms with Gasteiger partial charge in [0.15, 0.2) is 0 Å². The molecule has 1 aromatic rings. The van der Waals surface area contributed by atoms with Crippen LogP contribution in [0.2, 0.25) is 0 Å². The van der Waals surface area contributed by atoms with Crippen molar-refractivity contribution in [1.82, 2.24) is 14.8 Å². The van der Waals surface area contributed by atoms with Crippen LogP contribution in [0.25, 0.3) is 0 Å². The molecule has 2 amide bonds. The normalized spacial score (nSPS) is 15.7. The van der Waals surface area contributed by atoms with Crippen molar-refractivity contribution in [2.24, 2.45) is 5.73 Å². The number of aromatic nitrogens is 1. The van der Waals surface area contributed by atoms with Gasteiger partial charge in [0, 0.05) is 44.1 Å². The van der Waals surface area contributed by atoms with E-state index in [0.717, 1.165) is 19.3 Å². The predicted octanol–water partition coefficient (Wildman–Crippen LogP) is 1.31. The molecule has 0 aliphatic carbocycles. The third kappa shape index (κ3) is 5.18. The highest BCUT2D eigenvalue weighted by atomic mass is 35.5. The molecule has 1 aliphatic rings. The molecule has 0 saturated carbocycles. The highest BCUT2D eigenvalue weighted by Crippen LogP contribution is 2.10. The average Bonchev–Trinajstić information content (AvgIpc) is 2.59. The first-order valence-corrected chi connectivity index (χ1v) is 7.87. The van der Waals surface area contributed by atoms with E-state index in [1.807, 2.05) is 0 Å². The van der Waals surface area contributed by atoms with Crippen LogP contribution < -0.4 is 5.73 Å². The molecule has 1 saturated heterocycles. The molecule has 1 atom stereocenters. The van der Waals surface area contributed by atoms with E-state index in [1.54, 1.807) is 34.3 Å². The van der Waals surface area contributed by atoms with E-state index in [0.29, 0.717) is 31.7 Å². The lowest BCUT2D eigenvalue weighted by atomic mass is 10.1. The fraction of sp³-hybridized carbons (Fsp3) is 0.562. The maximum Gasteiger partial charge on any atom is 0.254 e. The van der Waals surface area contributed by atoms with Gasteiger partial charge in [0.25, 0.3) is 5.91 Å². The second-order valence-corrected chi connectivity index (χ2v) is 5.60. The molecule has 0 bridgehead atoms. The van der Waals surface area contributed by atoms with E-state index in [-0.39, 0.29) is 24.2 Å². The van der Waals surface area contributed by atoms with Gasteiger partial charge in [0.1, 0.15) is 0 Å². The van der Waals surface area contributed by atoms with Gasteiger partial charge < -0.3 is 15.5 Å². The van der Waals surface area contributed by atoms with Crippen molar-refractivity contribution in [3.63, 3.8) is 0 Å². The zero-order chi connectivity index (χ0) is 15.9. The number of carbonyl (C=O) groups excluding carboxylic acids is 2. The Morgan fingerprint density at radius 1 is 1.17 bits per heavy atom. The summed E-state index contributed by atoms with van der Waals surface area (Å²) < 4.78 is 0. The number of carbonyl (C=O) groups is 2. The molecule has 0 aromatic carbocycles. The minimum Gasteiger partial charge on any atom is -0.338 e. The van der Waals surface area contributed by atoms with Crippen molar-refractivity contribution in [3.05, 3.63) is 30.1 Å². The molecule has 1 aliphatic heterocycles. The summed E-state index contributed by atoms with van der Waals surface area (Å²) in [7, 11) is 0. The number of rotatable bonds is 5. The summed E-state index contributed by atoms with van der Waals surface area (Å²) in [6, 6.07) is 3.00. The lowest BCUT2D eigenvalue weighted by Crippen LogP contribution is -2.54. The van der Waals surface area contributed by atoms with Crippen LogP contribution in [0.1, 0.15) is 36.5 Å². The van der Waals surface area contributed by atoms with Gasteiger partial charge in [-0.15, -0.1) is 12.4 Å². The zero-order valence-electron chi connectivity index (χ0n) is 13.5. The molecular weight excluding hydrogens is 316 g/mol. The van der Waals surface area contributed by atoms with Crippen LogP contribution in [0.3, 0.4) is 0 Å². The standard InChI is InChI=1S/C16H24N4O2.ClH/c1-2-3-4-14(17)16(22)20-11-9-19(10-12-20)15(21)13-5-7-18-8-6-13;/h5-8,14H,2-4,9-12,17H2,1H3;1H. The topological polar surface area (TPSA) is 79.5 Å². The summed E-state index contributed by atoms with van der Waals surface area (Å²) in [6.07, 6.45) is 5.95. The summed E-state index contributed by atoms with van der Waals surface area (Å²) >= 11 is 0. The quantitative estimate of drug-likeness (QED) is 0.876. The molecule has 128 valence electrons. The molecule has 0 spiro atoms. The maximum atomic E-state index is 12.3. The SMILES string of the molecule is CCCCC(N)C(=O)N1CCN(C(=O)c2ccncc2)CC1.Cl. The molecule has 23 heavy (non-hydrogen) atoms. The summed E-state index contributed by atoms with van der Waals surface area (Å²) in [5.74, 6) is -0.00533. The van der Waals surface area contributed by atoms with Crippen molar-refractivity contribution >= 4 is 24.2 Å². The summed E-state index contributed by atoms with van der Waals surface area (Å²) in [5, 5.41) is 0. The van der Waals surface area contributed by atoms with Crippen LogP contribution in [-0.2, 0) is 4.79 Å². The lowest BCUT2D eigenvalue weighted by Gasteiger charge is -2.36. The summed E-state index contributed by atoms with van der Waals surface area (Å²) in [4.78, 5) is 32.0. The van der Waals surface area contributed by atoms with Crippen LogP contribution in [0.15, 0.2) is 24.5 Å². The number of nitrogens with two attached hydrogens (primary N) is 1. The molecule has 1 aromatic heterocycles. The molecule has 0 radical (unpaired) electrons. The fourth-order valence-electron chi connectivity index (χ4n) is 2.59. The van der Waals surface area contributed by atoms with Crippen LogP contribution in [0.4, 0.5) is 0 Å². The van der Waals surface area contributed by atoms with E-state index in [2.05, 4.69) is 11.9 Å². The monoisotopic (exact) mass is 340 g/mol. The number of pyridine rings is 1. The highest BCUT2D eigenvalue weighted by Gasteiger charge is 2.27. The molecule has 2 heterocycles. The second-order valence-electron chi connectivity index (χ2n) is 5.60. The van der Waals surface area contributed by atoms with Crippen LogP contribution in [-0.4, -0.2) is 58.8 Å². The third-order valence-corrected chi connectivity index (χ3v) is 3.99. The predicted molar refractivity (Wildman–Crippen MR) is 91.5 cm³/mol. The number of halogens is 1. The van der Waals surface area contributed by atoms with Gasteiger partial charge in [0.2, 0.25) is 5.91 Å². The number of unbranched alkanes of at least 4 members (excludes halogenated alkanes) is 1. The Bertz CT molecular complexity index is 504. The van der Waals surface area contributed by atoms with Crippen molar-refractivity contribution in [2.75, 3.05) is 26.2 Å². The third-order valence-electron chi connectivity index (χ3n) is 3.99. The number of hydrogen-bond acceptors (Lipinski definition) is 4. The van der Waals surface area contributed by atoms with Crippen LogP contribution >= 0.6 is 12.4 Å². The first-order chi connectivity index (χ1) is 10.6. The smallest absolute Gasteiger partial charge is 0.254 e. The first-order valence-electron chi connectivity index (χ1n) is 7.87. The molecule has 2 N–H and O–H groups in total. The Morgan fingerprint density at radius 2 is 1.74 bits per heavy atom. The number of amides is 2. The van der Waals surface area contributed by atoms with E-state index in [1.165, 1.54) is 0 Å². The minimum atomic E-state index is -0.414. The maximum absolute atomic E-state index is 12.3. The Balaban J connectivity index is 0.00000264. The first kappa shape index (κ1) is 19.4. The van der Waals surface area contributed by atoms with E-state index in [9.17, 15) is 9.59 Å². The van der Waals surface area contributed by atoms with Gasteiger partial charge in [-0.3, -0.25) is 14.6 Å². The van der Waals surface area contributed by atoms with Gasteiger partial charge in [-0.2, -0.15) is 0 Å². The van der Waals surface area contributed by atoms with Crippen molar-refractivity contribution < 1.29 is 9.59 Å². The van der Waals surface area contributed by atoms with Crippen LogP contribution in [0.5, 0.6) is 0 Å². The molecular formula is C16H25ClN4O2. The Morgan fingerprint density at radius 3 is 2.30 bits per heavy atom. The Labute approximate surface area is 143 Å². The van der Waals surface area contributed by atoms with Gasteiger partial charge in [0.05, 0.1) is 6.04 Å². The lowest BCUT2D eigenvalue weighted by molar-refractivity contribution is -0.134. The van der Waals surface area contributed by atoms with Gasteiger partial charge in [-0.05, 0) is 18.6 Å². The molecule has 1 unspecified atom stereocenters. The second kappa shape index (κ2) is 9.47. The molecule has 2 rings (SSSR count). The number of piperazine rings is 1. The Hall–Kier alpha value is -1.66.